The predicted octanol–water partition coefficient (Wildman–Crippen LogP) is 5.20. The van der Waals surface area contributed by atoms with E-state index in [1.54, 1.807) is 42.7 Å². The van der Waals surface area contributed by atoms with Gasteiger partial charge in [-0.15, -0.1) is 11.8 Å². The maximum absolute atomic E-state index is 13.1. The van der Waals surface area contributed by atoms with Gasteiger partial charge >= 0.3 is 0 Å². The summed E-state index contributed by atoms with van der Waals surface area (Å²) in [6, 6.07) is 17.7. The van der Waals surface area contributed by atoms with Gasteiger partial charge in [0.15, 0.2) is 5.78 Å². The van der Waals surface area contributed by atoms with E-state index in [1.165, 1.54) is 42.1 Å². The molecule has 3 aromatic carbocycles. The molecule has 3 aromatic rings. The van der Waals surface area contributed by atoms with Crippen molar-refractivity contribution in [3.8, 4) is 5.75 Å². The van der Waals surface area contributed by atoms with Crippen molar-refractivity contribution in [2.75, 3.05) is 18.2 Å². The Bertz CT molecular complexity index is 1150. The number of carbonyl (C=O) groups is 2. The summed E-state index contributed by atoms with van der Waals surface area (Å²) in [5.74, 6) is -0.434. The maximum Gasteiger partial charge on any atom is 0.283 e. The third-order valence-corrected chi connectivity index (χ3v) is 5.27. The molecule has 7 nitrogen and oxygen atoms in total. The van der Waals surface area contributed by atoms with E-state index in [0.717, 1.165) is 0 Å². The number of thioether (sulfide) groups is 1. The van der Waals surface area contributed by atoms with E-state index in [2.05, 4.69) is 5.32 Å². The lowest BCUT2D eigenvalue weighted by Crippen LogP contribution is -2.17. The van der Waals surface area contributed by atoms with Crippen LogP contribution >= 0.6 is 11.8 Å². The number of rotatable bonds is 8. The maximum atomic E-state index is 13.1. The largest absolute Gasteiger partial charge is 0.492 e. The topological polar surface area (TPSA) is 98.5 Å². The second-order valence-corrected chi connectivity index (χ2v) is 7.25. The van der Waals surface area contributed by atoms with Gasteiger partial charge in [-0.05, 0) is 43.5 Å². The number of ether oxygens (including phenoxy) is 1. The van der Waals surface area contributed by atoms with Crippen molar-refractivity contribution in [2.24, 2.45) is 0 Å². The molecule has 0 aliphatic heterocycles. The van der Waals surface area contributed by atoms with Crippen LogP contribution in [0, 0.1) is 10.1 Å². The molecule has 0 unspecified atom stereocenters. The van der Waals surface area contributed by atoms with Crippen LogP contribution in [0.15, 0.2) is 71.6 Å². The van der Waals surface area contributed by atoms with Crippen LogP contribution in [0.3, 0.4) is 0 Å². The van der Waals surface area contributed by atoms with Crippen LogP contribution in [0.1, 0.15) is 33.2 Å². The number of para-hydroxylation sites is 2. The Morgan fingerprint density at radius 1 is 1.03 bits per heavy atom. The van der Waals surface area contributed by atoms with E-state index >= 15 is 0 Å². The molecule has 0 atom stereocenters. The van der Waals surface area contributed by atoms with Gasteiger partial charge in [0, 0.05) is 17.2 Å². The lowest BCUT2D eigenvalue weighted by Gasteiger charge is -2.13. The molecule has 0 aliphatic carbocycles. The number of nitro groups is 1. The van der Waals surface area contributed by atoms with Crippen LogP contribution in [0.2, 0.25) is 0 Å². The van der Waals surface area contributed by atoms with Gasteiger partial charge in [-0.2, -0.15) is 0 Å². The van der Waals surface area contributed by atoms with E-state index in [9.17, 15) is 19.7 Å². The Kier molecular flexibility index (Phi) is 7.04. The lowest BCUT2D eigenvalue weighted by molar-refractivity contribution is -0.387. The molecule has 0 aromatic heterocycles. The summed E-state index contributed by atoms with van der Waals surface area (Å²) in [5, 5.41) is 14.1. The molecule has 31 heavy (non-hydrogen) atoms. The van der Waals surface area contributed by atoms with Gasteiger partial charge in [-0.1, -0.05) is 30.3 Å². The first kappa shape index (κ1) is 22.0. The van der Waals surface area contributed by atoms with Gasteiger partial charge in [0.05, 0.1) is 27.7 Å². The van der Waals surface area contributed by atoms with Crippen molar-refractivity contribution < 1.29 is 19.2 Å². The van der Waals surface area contributed by atoms with Gasteiger partial charge in [0.2, 0.25) is 0 Å². The molecule has 0 radical (unpaired) electrons. The number of hydrogen-bond donors (Lipinski definition) is 1. The third kappa shape index (κ3) is 4.92. The van der Waals surface area contributed by atoms with Crippen molar-refractivity contribution in [3.05, 3.63) is 93.5 Å². The summed E-state index contributed by atoms with van der Waals surface area (Å²) in [7, 11) is 0. The van der Waals surface area contributed by atoms with E-state index in [4.69, 9.17) is 4.74 Å². The van der Waals surface area contributed by atoms with Crippen LogP contribution in [-0.4, -0.2) is 29.5 Å². The molecule has 158 valence electrons. The Balaban J connectivity index is 1.95. The number of ketones is 1. The molecule has 8 heteroatoms. The first-order valence-electron chi connectivity index (χ1n) is 9.45. The molecular formula is C23H20N2O5S. The summed E-state index contributed by atoms with van der Waals surface area (Å²) >= 11 is 1.23. The fourth-order valence-corrected chi connectivity index (χ4v) is 3.60. The number of amides is 1. The van der Waals surface area contributed by atoms with Crippen LogP contribution < -0.4 is 10.1 Å². The summed E-state index contributed by atoms with van der Waals surface area (Å²) in [4.78, 5) is 37.4. The molecule has 3 rings (SSSR count). The molecule has 1 amide bonds. The Morgan fingerprint density at radius 2 is 1.71 bits per heavy atom. The van der Waals surface area contributed by atoms with Crippen molar-refractivity contribution in [3.63, 3.8) is 0 Å². The van der Waals surface area contributed by atoms with Gasteiger partial charge in [-0.3, -0.25) is 19.7 Å². The van der Waals surface area contributed by atoms with Crippen LogP contribution in [0.25, 0.3) is 0 Å². The van der Waals surface area contributed by atoms with Crippen LogP contribution in [-0.2, 0) is 0 Å². The van der Waals surface area contributed by atoms with E-state index in [-0.39, 0.29) is 22.4 Å². The number of benzene rings is 3. The van der Waals surface area contributed by atoms with E-state index < -0.39 is 16.6 Å². The zero-order valence-electron chi connectivity index (χ0n) is 17.0. The molecule has 0 fully saturated rings. The quantitative estimate of drug-likeness (QED) is 0.226. The fraction of sp³-hybridized carbons (Fsp3) is 0.130. The highest BCUT2D eigenvalue weighted by molar-refractivity contribution is 7.98. The number of nitrogens with zero attached hydrogens (tertiary/aromatic N) is 1. The standard InChI is InChI=1S/C23H20N2O5S/c1-3-30-20-11-7-6-10-18(20)24-23(27)17-9-5-4-8-16(17)22(26)15-12-13-21(31-2)19(14-15)25(28)29/h4-14H,3H2,1-2H3,(H,24,27). The number of nitrogens with one attached hydrogen (secondary N) is 1. The monoisotopic (exact) mass is 436 g/mol. The Morgan fingerprint density at radius 3 is 2.39 bits per heavy atom. The van der Waals surface area contributed by atoms with E-state index in [1.807, 2.05) is 6.92 Å². The summed E-state index contributed by atoms with van der Waals surface area (Å²) in [6.07, 6.45) is 1.73. The molecule has 0 saturated carbocycles. The number of hydrogen-bond acceptors (Lipinski definition) is 6. The third-order valence-electron chi connectivity index (χ3n) is 4.49. The van der Waals surface area contributed by atoms with Crippen molar-refractivity contribution in [1.82, 2.24) is 0 Å². The van der Waals surface area contributed by atoms with Crippen molar-refractivity contribution in [1.29, 1.82) is 0 Å². The summed E-state index contributed by atoms with van der Waals surface area (Å²) < 4.78 is 5.53. The minimum absolute atomic E-state index is 0.138. The molecule has 0 aliphatic rings. The zero-order valence-corrected chi connectivity index (χ0v) is 17.8. The molecule has 0 saturated heterocycles. The van der Waals surface area contributed by atoms with Gasteiger partial charge in [0.25, 0.3) is 11.6 Å². The highest BCUT2D eigenvalue weighted by Gasteiger charge is 2.22. The highest BCUT2D eigenvalue weighted by atomic mass is 32.2. The second-order valence-electron chi connectivity index (χ2n) is 6.40. The summed E-state index contributed by atoms with van der Waals surface area (Å²) in [5.41, 5.74) is 0.789. The normalized spacial score (nSPS) is 10.4. The van der Waals surface area contributed by atoms with Gasteiger partial charge in [-0.25, -0.2) is 0 Å². The highest BCUT2D eigenvalue weighted by Crippen LogP contribution is 2.30. The molecule has 0 spiro atoms. The Labute approximate surface area is 183 Å². The number of carbonyl (C=O) groups excluding carboxylic acids is 2. The first-order chi connectivity index (χ1) is 15.0. The zero-order chi connectivity index (χ0) is 22.4. The van der Waals surface area contributed by atoms with Gasteiger partial charge in [0.1, 0.15) is 5.75 Å². The molecular weight excluding hydrogens is 416 g/mol. The minimum atomic E-state index is -0.522. The smallest absolute Gasteiger partial charge is 0.283 e. The van der Waals surface area contributed by atoms with E-state index in [0.29, 0.717) is 22.9 Å². The average molecular weight is 436 g/mol. The molecule has 1 N–H and O–H groups in total. The first-order valence-corrected chi connectivity index (χ1v) is 10.7. The Hall–Kier alpha value is -3.65. The summed E-state index contributed by atoms with van der Waals surface area (Å²) in [6.45, 7) is 2.28. The number of anilines is 1. The molecule has 0 heterocycles. The SMILES string of the molecule is CCOc1ccccc1NC(=O)c1ccccc1C(=O)c1ccc(SC)c([N+](=O)[O-])c1. The van der Waals surface area contributed by atoms with Gasteiger partial charge < -0.3 is 10.1 Å². The lowest BCUT2D eigenvalue weighted by atomic mass is 9.97. The average Bonchev–Trinajstić information content (AvgIpc) is 2.79. The fourth-order valence-electron chi connectivity index (χ4n) is 3.05. The minimum Gasteiger partial charge on any atom is -0.492 e. The second kappa shape index (κ2) is 9.90. The molecule has 0 bridgehead atoms. The predicted molar refractivity (Wildman–Crippen MR) is 120 cm³/mol. The van der Waals surface area contributed by atoms with Crippen LogP contribution in [0.4, 0.5) is 11.4 Å². The van der Waals surface area contributed by atoms with Crippen LogP contribution in [0.5, 0.6) is 5.75 Å². The number of nitro benzene ring substituents is 1. The van der Waals surface area contributed by atoms with Crippen molar-refractivity contribution in [2.45, 2.75) is 11.8 Å². The van der Waals surface area contributed by atoms with Crippen molar-refractivity contribution >= 4 is 34.8 Å².